The number of nitrogen functional groups attached to an aromatic ring is 1. The summed E-state index contributed by atoms with van der Waals surface area (Å²) in [4.78, 5) is 17.4. The molecule has 0 aliphatic carbocycles. The number of nitrogens with one attached hydrogen (secondary N) is 1. The maximum Gasteiger partial charge on any atom is 0.270 e. The molecule has 2 heterocycles. The molecule has 164 valence electrons. The predicted octanol–water partition coefficient (Wildman–Crippen LogP) is 4.03. The molecule has 0 saturated carbocycles. The summed E-state index contributed by atoms with van der Waals surface area (Å²) in [5.74, 6) is -0.455. The number of carbonyl (C=O) groups excluding carboxylic acids is 1. The summed E-state index contributed by atoms with van der Waals surface area (Å²) in [6, 6.07) is 19.7. The van der Waals surface area contributed by atoms with E-state index in [-0.39, 0.29) is 33.3 Å². The number of rotatable bonds is 6. The van der Waals surface area contributed by atoms with Crippen molar-refractivity contribution >= 4 is 32.8 Å². The van der Waals surface area contributed by atoms with E-state index in [4.69, 9.17) is 5.73 Å². The van der Waals surface area contributed by atoms with Crippen LogP contribution in [-0.4, -0.2) is 19.3 Å². The van der Waals surface area contributed by atoms with Crippen LogP contribution in [0.5, 0.6) is 0 Å². The minimum absolute atomic E-state index is 0.0935. The minimum Gasteiger partial charge on any atom is -0.398 e. The zero-order valence-electron chi connectivity index (χ0n) is 17.2. The van der Waals surface area contributed by atoms with Crippen molar-refractivity contribution in [2.24, 2.45) is 0 Å². The van der Waals surface area contributed by atoms with Gasteiger partial charge in [0.25, 0.3) is 5.91 Å². The molecule has 33 heavy (non-hydrogen) atoms. The molecule has 0 saturated heterocycles. The van der Waals surface area contributed by atoms with Crippen LogP contribution in [-0.2, 0) is 16.4 Å². The van der Waals surface area contributed by atoms with Crippen molar-refractivity contribution in [3.8, 4) is 17.3 Å². The van der Waals surface area contributed by atoms with Gasteiger partial charge in [0, 0.05) is 17.5 Å². The van der Waals surface area contributed by atoms with Gasteiger partial charge in [-0.15, -0.1) is 0 Å². The molecule has 9 heteroatoms. The summed E-state index contributed by atoms with van der Waals surface area (Å²) in [5, 5.41) is 15.9. The van der Waals surface area contributed by atoms with Gasteiger partial charge in [-0.05, 0) is 47.3 Å². The SMILES string of the molecule is N#Cc1c(N)cc(C(=O)NCc2ccc(S(=O)(=O)c3ccccc3)cc2)nc1-c1ccsc1. The highest BCUT2D eigenvalue weighted by molar-refractivity contribution is 7.91. The summed E-state index contributed by atoms with van der Waals surface area (Å²) >= 11 is 1.45. The van der Waals surface area contributed by atoms with E-state index in [1.807, 2.05) is 16.8 Å². The number of nitrogens with two attached hydrogens (primary N) is 1. The second kappa shape index (κ2) is 9.24. The molecule has 2 aromatic heterocycles. The molecule has 0 atom stereocenters. The van der Waals surface area contributed by atoms with Crippen LogP contribution in [0, 0.1) is 11.3 Å². The number of anilines is 1. The van der Waals surface area contributed by atoms with E-state index in [9.17, 15) is 18.5 Å². The molecular weight excluding hydrogens is 456 g/mol. The molecule has 0 spiro atoms. The number of thiophene rings is 1. The maximum absolute atomic E-state index is 12.7. The van der Waals surface area contributed by atoms with Crippen LogP contribution in [0.15, 0.2) is 87.3 Å². The summed E-state index contributed by atoms with van der Waals surface area (Å²) < 4.78 is 25.4. The Morgan fingerprint density at radius 2 is 1.76 bits per heavy atom. The number of pyridine rings is 1. The van der Waals surface area contributed by atoms with E-state index in [0.717, 1.165) is 5.56 Å². The highest BCUT2D eigenvalue weighted by Gasteiger charge is 2.18. The number of amides is 1. The first-order valence-electron chi connectivity index (χ1n) is 9.80. The number of nitrogens with zero attached hydrogens (tertiary/aromatic N) is 2. The highest BCUT2D eigenvalue weighted by Crippen LogP contribution is 2.28. The van der Waals surface area contributed by atoms with Crippen molar-refractivity contribution < 1.29 is 13.2 Å². The van der Waals surface area contributed by atoms with Crippen molar-refractivity contribution in [1.82, 2.24) is 10.3 Å². The Morgan fingerprint density at radius 3 is 2.39 bits per heavy atom. The second-order valence-corrected chi connectivity index (χ2v) is 9.82. The van der Waals surface area contributed by atoms with E-state index in [0.29, 0.717) is 11.3 Å². The molecule has 0 radical (unpaired) electrons. The number of hydrogen-bond donors (Lipinski definition) is 2. The van der Waals surface area contributed by atoms with Crippen molar-refractivity contribution in [3.63, 3.8) is 0 Å². The molecule has 3 N–H and O–H groups in total. The number of hydrogen-bond acceptors (Lipinski definition) is 7. The number of benzene rings is 2. The number of sulfone groups is 1. The highest BCUT2D eigenvalue weighted by atomic mass is 32.2. The lowest BCUT2D eigenvalue weighted by molar-refractivity contribution is 0.0946. The monoisotopic (exact) mass is 474 g/mol. The van der Waals surface area contributed by atoms with Gasteiger partial charge in [-0.2, -0.15) is 16.6 Å². The number of aromatic nitrogens is 1. The van der Waals surface area contributed by atoms with Gasteiger partial charge in [0.1, 0.15) is 17.3 Å². The molecule has 4 aromatic rings. The van der Waals surface area contributed by atoms with E-state index in [1.54, 1.807) is 48.5 Å². The summed E-state index contributed by atoms with van der Waals surface area (Å²) in [5.41, 5.74) is 8.28. The van der Waals surface area contributed by atoms with Crippen LogP contribution >= 0.6 is 11.3 Å². The topological polar surface area (TPSA) is 126 Å². The average molecular weight is 475 g/mol. The first kappa shape index (κ1) is 22.2. The zero-order valence-corrected chi connectivity index (χ0v) is 18.9. The Labute approximate surface area is 195 Å². The van der Waals surface area contributed by atoms with Crippen molar-refractivity contribution in [3.05, 3.63) is 94.3 Å². The molecule has 7 nitrogen and oxygen atoms in total. The molecule has 0 aliphatic rings. The molecule has 0 bridgehead atoms. The lowest BCUT2D eigenvalue weighted by atomic mass is 10.1. The Kier molecular flexibility index (Phi) is 6.22. The average Bonchev–Trinajstić information content (AvgIpc) is 3.38. The van der Waals surface area contributed by atoms with Gasteiger partial charge in [-0.1, -0.05) is 30.3 Å². The van der Waals surface area contributed by atoms with E-state index in [1.165, 1.54) is 29.5 Å². The van der Waals surface area contributed by atoms with Crippen LogP contribution in [0.2, 0.25) is 0 Å². The first-order chi connectivity index (χ1) is 15.9. The molecular formula is C24H18N4O3S2. The van der Waals surface area contributed by atoms with Gasteiger partial charge < -0.3 is 11.1 Å². The van der Waals surface area contributed by atoms with Gasteiger partial charge >= 0.3 is 0 Å². The Hall–Kier alpha value is -4.00. The van der Waals surface area contributed by atoms with Crippen LogP contribution in [0.3, 0.4) is 0 Å². The molecule has 0 aliphatic heterocycles. The molecule has 1 amide bonds. The normalized spacial score (nSPS) is 11.0. The Morgan fingerprint density at radius 1 is 1.06 bits per heavy atom. The van der Waals surface area contributed by atoms with E-state index in [2.05, 4.69) is 10.3 Å². The number of carbonyl (C=O) groups is 1. The molecule has 0 fully saturated rings. The first-order valence-corrected chi connectivity index (χ1v) is 12.2. The van der Waals surface area contributed by atoms with E-state index >= 15 is 0 Å². The number of nitriles is 1. The van der Waals surface area contributed by atoms with Gasteiger partial charge in [0.05, 0.1) is 21.2 Å². The zero-order chi connectivity index (χ0) is 23.4. The standard InChI is InChI=1S/C24H18N4O3S2/c25-13-20-21(26)12-22(28-23(20)17-10-11-32-15-17)24(29)27-14-16-6-8-19(9-7-16)33(30,31)18-4-2-1-3-5-18/h1-12,15H,14H2,(H2,26,28)(H,27,29). The van der Waals surface area contributed by atoms with Gasteiger partial charge in [0.2, 0.25) is 9.84 Å². The third-order valence-electron chi connectivity index (χ3n) is 4.93. The summed E-state index contributed by atoms with van der Waals surface area (Å²) in [6.45, 7) is 0.167. The van der Waals surface area contributed by atoms with E-state index < -0.39 is 15.7 Å². The van der Waals surface area contributed by atoms with Gasteiger partial charge in [0.15, 0.2) is 0 Å². The minimum atomic E-state index is -3.60. The van der Waals surface area contributed by atoms with Crippen LogP contribution < -0.4 is 11.1 Å². The van der Waals surface area contributed by atoms with Crippen molar-refractivity contribution in [1.29, 1.82) is 5.26 Å². The quantitative estimate of drug-likeness (QED) is 0.435. The van der Waals surface area contributed by atoms with Crippen molar-refractivity contribution in [2.75, 3.05) is 5.73 Å². The lowest BCUT2D eigenvalue weighted by Gasteiger charge is -2.10. The Bertz CT molecular complexity index is 1440. The fraction of sp³-hybridized carbons (Fsp3) is 0.0417. The van der Waals surface area contributed by atoms with Crippen LogP contribution in [0.4, 0.5) is 5.69 Å². The summed E-state index contributed by atoms with van der Waals surface area (Å²) in [6.07, 6.45) is 0. The van der Waals surface area contributed by atoms with Crippen LogP contribution in [0.25, 0.3) is 11.3 Å². The third-order valence-corrected chi connectivity index (χ3v) is 7.40. The third kappa shape index (κ3) is 4.62. The van der Waals surface area contributed by atoms with Gasteiger partial charge in [-0.25, -0.2) is 13.4 Å². The smallest absolute Gasteiger partial charge is 0.270 e. The van der Waals surface area contributed by atoms with Gasteiger partial charge in [-0.3, -0.25) is 4.79 Å². The predicted molar refractivity (Wildman–Crippen MR) is 126 cm³/mol. The second-order valence-electron chi connectivity index (χ2n) is 7.09. The van der Waals surface area contributed by atoms with Crippen LogP contribution in [0.1, 0.15) is 21.6 Å². The largest absolute Gasteiger partial charge is 0.398 e. The maximum atomic E-state index is 12.7. The summed E-state index contributed by atoms with van der Waals surface area (Å²) in [7, 11) is -3.60. The fourth-order valence-corrected chi connectivity index (χ4v) is 5.12. The van der Waals surface area contributed by atoms with Crippen molar-refractivity contribution in [2.45, 2.75) is 16.3 Å². The molecule has 2 aromatic carbocycles. The molecule has 0 unspecified atom stereocenters. The lowest BCUT2D eigenvalue weighted by Crippen LogP contribution is -2.24. The fourth-order valence-electron chi connectivity index (χ4n) is 3.20. The molecule has 4 rings (SSSR count). The Balaban J connectivity index is 1.50.